The van der Waals surface area contributed by atoms with Crippen molar-refractivity contribution in [2.45, 2.75) is 64.8 Å². The highest BCUT2D eigenvalue weighted by atomic mass is 16.6. The number of amides is 2. The fraction of sp³-hybridized carbons (Fsp3) is 0.750. The van der Waals surface area contributed by atoms with E-state index in [2.05, 4.69) is 0 Å². The van der Waals surface area contributed by atoms with E-state index in [4.69, 9.17) is 26.0 Å². The van der Waals surface area contributed by atoms with Crippen molar-refractivity contribution < 1.29 is 38.9 Å². The molecule has 0 bridgehead atoms. The van der Waals surface area contributed by atoms with Crippen LogP contribution in [0, 0.1) is 5.92 Å². The Hall–Kier alpha value is -2.40. The van der Waals surface area contributed by atoms with Crippen molar-refractivity contribution in [3.05, 3.63) is 0 Å². The van der Waals surface area contributed by atoms with Crippen molar-refractivity contribution in [1.82, 2.24) is 4.90 Å². The van der Waals surface area contributed by atoms with Crippen LogP contribution in [0.15, 0.2) is 0 Å². The van der Waals surface area contributed by atoms with Crippen molar-refractivity contribution in [2.75, 3.05) is 6.54 Å². The van der Waals surface area contributed by atoms with E-state index in [1.54, 1.807) is 41.5 Å². The van der Waals surface area contributed by atoms with Gasteiger partial charge in [-0.15, -0.1) is 0 Å². The summed E-state index contributed by atoms with van der Waals surface area (Å²) in [5, 5.41) is 18.4. The molecule has 0 rings (SSSR count). The van der Waals surface area contributed by atoms with E-state index in [1.165, 1.54) is 0 Å². The molecule has 0 aromatic carbocycles. The van der Waals surface area contributed by atoms with Crippen LogP contribution in [0.25, 0.3) is 0 Å². The number of carboxylic acids is 2. The van der Waals surface area contributed by atoms with E-state index >= 15 is 0 Å². The Bertz CT molecular complexity index is 561. The van der Waals surface area contributed by atoms with Crippen LogP contribution >= 0.6 is 0 Å². The molecular weight excluding hydrogens is 362 g/mol. The fourth-order valence-corrected chi connectivity index (χ4v) is 1.80. The molecule has 11 nitrogen and oxygen atoms in total. The molecule has 0 aliphatic rings. The molecule has 1 atom stereocenters. The van der Waals surface area contributed by atoms with Gasteiger partial charge in [-0.2, -0.15) is 0 Å². The van der Waals surface area contributed by atoms with Crippen molar-refractivity contribution in [3.63, 3.8) is 0 Å². The van der Waals surface area contributed by atoms with Gasteiger partial charge in [-0.1, -0.05) is 0 Å². The van der Waals surface area contributed by atoms with Crippen LogP contribution in [0.2, 0.25) is 0 Å². The molecule has 0 aromatic heterocycles. The minimum Gasteiger partial charge on any atom is -0.481 e. The summed E-state index contributed by atoms with van der Waals surface area (Å²) >= 11 is 0. The van der Waals surface area contributed by atoms with Crippen LogP contribution in [0.3, 0.4) is 0 Å². The molecule has 11 heteroatoms. The zero-order valence-corrected chi connectivity index (χ0v) is 16.4. The van der Waals surface area contributed by atoms with E-state index < -0.39 is 59.9 Å². The first kappa shape index (κ1) is 24.6. The van der Waals surface area contributed by atoms with E-state index in [0.29, 0.717) is 4.90 Å². The zero-order valence-electron chi connectivity index (χ0n) is 16.4. The van der Waals surface area contributed by atoms with E-state index in [-0.39, 0.29) is 0 Å². The number of imide groups is 1. The van der Waals surface area contributed by atoms with Gasteiger partial charge in [0.1, 0.15) is 11.2 Å². The molecule has 0 saturated heterocycles. The molecule has 0 aliphatic heterocycles. The highest BCUT2D eigenvalue weighted by Crippen LogP contribution is 2.19. The Morgan fingerprint density at radius 2 is 1.26 bits per heavy atom. The maximum absolute atomic E-state index is 12.4. The standard InChI is InChI=1S/C16H29N3O8/c1-14(2,3)26-12(24)19(13(25)27-15(4,5)6)8-9(10(20)21)7-16(17,18)11(22)23/h9H,7-8,17-18H2,1-6H3,(H,20,21)(H,22,23). The molecule has 6 N–H and O–H groups in total. The van der Waals surface area contributed by atoms with E-state index in [0.717, 1.165) is 0 Å². The normalized spacial score (nSPS) is 13.5. The molecule has 0 aliphatic carbocycles. The largest absolute Gasteiger partial charge is 0.481 e. The fourth-order valence-electron chi connectivity index (χ4n) is 1.80. The number of ether oxygens (including phenoxy) is 2. The molecule has 2 amide bonds. The number of carbonyl (C=O) groups excluding carboxylic acids is 2. The predicted molar refractivity (Wildman–Crippen MR) is 93.7 cm³/mol. The number of carbonyl (C=O) groups is 4. The van der Waals surface area contributed by atoms with Gasteiger partial charge in [0.15, 0.2) is 5.66 Å². The number of aliphatic carboxylic acids is 2. The van der Waals surface area contributed by atoms with Crippen molar-refractivity contribution in [1.29, 1.82) is 0 Å². The third-order valence-corrected chi connectivity index (χ3v) is 2.96. The first-order chi connectivity index (χ1) is 11.9. The van der Waals surface area contributed by atoms with Gasteiger partial charge in [0, 0.05) is 13.0 Å². The SMILES string of the molecule is CC(C)(C)OC(=O)N(CC(CC(N)(N)C(=O)O)C(=O)O)C(=O)OC(C)(C)C. The Balaban J connectivity index is 5.69. The van der Waals surface area contributed by atoms with Crippen LogP contribution in [-0.2, 0) is 19.1 Å². The highest BCUT2D eigenvalue weighted by Gasteiger charge is 2.40. The predicted octanol–water partition coefficient (Wildman–Crippen LogP) is 0.948. The van der Waals surface area contributed by atoms with Crippen molar-refractivity contribution in [3.8, 4) is 0 Å². The van der Waals surface area contributed by atoms with Gasteiger partial charge in [-0.3, -0.25) is 4.79 Å². The lowest BCUT2D eigenvalue weighted by Gasteiger charge is -2.31. The maximum Gasteiger partial charge on any atom is 0.419 e. The number of carboxylic acid groups (broad SMARTS) is 2. The molecule has 0 fully saturated rings. The number of hydrogen-bond acceptors (Lipinski definition) is 8. The monoisotopic (exact) mass is 391 g/mol. The molecule has 0 heterocycles. The zero-order chi connectivity index (χ0) is 21.8. The van der Waals surface area contributed by atoms with Gasteiger partial charge in [0.05, 0.1) is 5.92 Å². The lowest BCUT2D eigenvalue weighted by atomic mass is 9.95. The van der Waals surface area contributed by atoms with E-state index in [9.17, 15) is 24.3 Å². The smallest absolute Gasteiger partial charge is 0.419 e. The van der Waals surface area contributed by atoms with E-state index in [1.807, 2.05) is 0 Å². The summed E-state index contributed by atoms with van der Waals surface area (Å²) in [6.07, 6.45) is -3.02. The minimum absolute atomic E-state index is 0.452. The number of nitrogens with two attached hydrogens (primary N) is 2. The van der Waals surface area contributed by atoms with Gasteiger partial charge < -0.3 is 31.2 Å². The van der Waals surface area contributed by atoms with Gasteiger partial charge in [0.2, 0.25) is 0 Å². The molecule has 0 saturated carbocycles. The first-order valence-electron chi connectivity index (χ1n) is 8.13. The number of nitrogens with zero attached hydrogens (tertiary/aromatic N) is 1. The minimum atomic E-state index is -2.36. The average molecular weight is 391 g/mol. The highest BCUT2D eigenvalue weighted by molar-refractivity contribution is 5.89. The quantitative estimate of drug-likeness (QED) is 0.475. The van der Waals surface area contributed by atoms with Crippen LogP contribution in [0.4, 0.5) is 9.59 Å². The Kier molecular flexibility index (Phi) is 7.77. The van der Waals surface area contributed by atoms with Gasteiger partial charge in [-0.05, 0) is 41.5 Å². The molecular formula is C16H29N3O8. The van der Waals surface area contributed by atoms with Crippen LogP contribution < -0.4 is 11.5 Å². The lowest BCUT2D eigenvalue weighted by molar-refractivity contribution is -0.147. The molecule has 0 spiro atoms. The third kappa shape index (κ3) is 9.20. The summed E-state index contributed by atoms with van der Waals surface area (Å²) in [4.78, 5) is 47.8. The Morgan fingerprint density at radius 3 is 1.52 bits per heavy atom. The maximum atomic E-state index is 12.4. The number of hydrogen-bond donors (Lipinski definition) is 4. The summed E-state index contributed by atoms with van der Waals surface area (Å²) in [6, 6.07) is 0. The molecule has 0 aromatic rings. The van der Waals surface area contributed by atoms with Gasteiger partial charge in [0.25, 0.3) is 0 Å². The van der Waals surface area contributed by atoms with Gasteiger partial charge >= 0.3 is 24.1 Å². The molecule has 156 valence electrons. The topological polar surface area (TPSA) is 182 Å². The summed E-state index contributed by atoms with van der Waals surface area (Å²) in [7, 11) is 0. The second-order valence-corrected chi connectivity index (χ2v) is 8.16. The van der Waals surface area contributed by atoms with Crippen molar-refractivity contribution >= 4 is 24.1 Å². The summed E-state index contributed by atoms with van der Waals surface area (Å²) in [6.45, 7) is 8.61. The second kappa shape index (κ2) is 8.53. The van der Waals surface area contributed by atoms with Crippen LogP contribution in [-0.4, -0.2) is 62.6 Å². The van der Waals surface area contributed by atoms with Crippen LogP contribution in [0.5, 0.6) is 0 Å². The lowest BCUT2D eigenvalue weighted by Crippen LogP contribution is -2.59. The average Bonchev–Trinajstić information content (AvgIpc) is 2.38. The second-order valence-electron chi connectivity index (χ2n) is 8.16. The summed E-state index contributed by atoms with van der Waals surface area (Å²) in [5.41, 5.74) is 6.48. The first-order valence-corrected chi connectivity index (χ1v) is 8.13. The summed E-state index contributed by atoms with van der Waals surface area (Å²) < 4.78 is 10.2. The van der Waals surface area contributed by atoms with Crippen molar-refractivity contribution in [2.24, 2.45) is 17.4 Å². The molecule has 1 unspecified atom stereocenters. The third-order valence-electron chi connectivity index (χ3n) is 2.96. The molecule has 27 heavy (non-hydrogen) atoms. The van der Waals surface area contributed by atoms with Crippen LogP contribution in [0.1, 0.15) is 48.0 Å². The van der Waals surface area contributed by atoms with Gasteiger partial charge in [-0.25, -0.2) is 19.3 Å². The number of rotatable bonds is 6. The Labute approximate surface area is 157 Å². The Morgan fingerprint density at radius 1 is 0.889 bits per heavy atom. The molecule has 0 radical (unpaired) electrons. The summed E-state index contributed by atoms with van der Waals surface area (Å²) in [5.74, 6) is -4.68.